The molecule has 0 aromatic carbocycles. The van der Waals surface area contributed by atoms with E-state index in [4.69, 9.17) is 5.73 Å². The minimum absolute atomic E-state index is 0.343. The molecule has 0 aromatic rings. The number of hydrogen-bond donors (Lipinski definition) is 1. The van der Waals surface area contributed by atoms with Crippen LogP contribution in [0.15, 0.2) is 12.7 Å². The fourth-order valence-corrected chi connectivity index (χ4v) is 0.966. The van der Waals surface area contributed by atoms with E-state index in [2.05, 4.69) is 27.4 Å². The molecule has 1 heteroatoms. The Balaban J connectivity index is -0.000000169. The van der Waals surface area contributed by atoms with Crippen molar-refractivity contribution >= 4 is 0 Å². The Morgan fingerprint density at radius 1 is 1.31 bits per heavy atom. The Labute approximate surface area is 85.4 Å². The van der Waals surface area contributed by atoms with Crippen molar-refractivity contribution in [1.29, 1.82) is 0 Å². The molecule has 0 aliphatic heterocycles. The Hall–Kier alpha value is -0.300. The van der Waals surface area contributed by atoms with Gasteiger partial charge in [-0.25, -0.2) is 0 Å². The number of rotatable bonds is 1. The van der Waals surface area contributed by atoms with Crippen molar-refractivity contribution < 1.29 is 0 Å². The first-order valence-corrected chi connectivity index (χ1v) is 5.16. The quantitative estimate of drug-likeness (QED) is 0.617. The van der Waals surface area contributed by atoms with Crippen molar-refractivity contribution in [3.63, 3.8) is 0 Å². The Bertz CT molecular complexity index is 87.8. The summed E-state index contributed by atoms with van der Waals surface area (Å²) in [5.41, 5.74) is 5.98. The second kappa shape index (κ2) is 11.7. The predicted molar refractivity (Wildman–Crippen MR) is 64.9 cm³/mol. The average molecular weight is 187 g/mol. The summed E-state index contributed by atoms with van der Waals surface area (Å²) in [6, 6.07) is 0.343. The third-order valence-corrected chi connectivity index (χ3v) is 0.934. The number of allylic oxidation sites excluding steroid dienone is 1. The lowest BCUT2D eigenvalue weighted by Crippen LogP contribution is -2.22. The zero-order chi connectivity index (χ0) is 11.5. The van der Waals surface area contributed by atoms with E-state index in [1.165, 1.54) is 0 Å². The van der Waals surface area contributed by atoms with Gasteiger partial charge in [-0.05, 0) is 25.7 Å². The molecule has 0 radical (unpaired) electrons. The van der Waals surface area contributed by atoms with Gasteiger partial charge in [-0.2, -0.15) is 0 Å². The van der Waals surface area contributed by atoms with Crippen LogP contribution in [-0.2, 0) is 0 Å². The summed E-state index contributed by atoms with van der Waals surface area (Å²) in [6.45, 7) is 17.9. The highest BCUT2D eigenvalue weighted by atomic mass is 14.6. The largest absolute Gasteiger partial charge is 0.328 e. The van der Waals surface area contributed by atoms with Crippen LogP contribution in [-0.4, -0.2) is 6.04 Å². The molecule has 1 unspecified atom stereocenters. The zero-order valence-corrected chi connectivity index (χ0v) is 10.6. The van der Waals surface area contributed by atoms with Crippen LogP contribution in [0.5, 0.6) is 0 Å². The third kappa shape index (κ3) is 49.8. The fourth-order valence-electron chi connectivity index (χ4n) is 0.966. The molecule has 0 aromatic heterocycles. The number of hydrogen-bond acceptors (Lipinski definition) is 1. The molecule has 0 fully saturated rings. The van der Waals surface area contributed by atoms with Gasteiger partial charge < -0.3 is 5.73 Å². The molecule has 0 rings (SSSR count). The Morgan fingerprint density at radius 2 is 1.54 bits per heavy atom. The van der Waals surface area contributed by atoms with Crippen molar-refractivity contribution in [2.45, 2.75) is 60.9 Å². The van der Waals surface area contributed by atoms with Crippen LogP contribution in [0.4, 0.5) is 0 Å². The summed E-state index contributed by atoms with van der Waals surface area (Å²) >= 11 is 0. The van der Waals surface area contributed by atoms with Crippen LogP contribution >= 0.6 is 0 Å². The van der Waals surface area contributed by atoms with E-state index >= 15 is 0 Å². The van der Waals surface area contributed by atoms with Gasteiger partial charge in [-0.3, -0.25) is 0 Å². The normalized spacial score (nSPS) is 11.4. The molecule has 0 saturated heterocycles. The van der Waals surface area contributed by atoms with Crippen LogP contribution in [0.1, 0.15) is 54.9 Å². The van der Waals surface area contributed by atoms with Crippen LogP contribution < -0.4 is 5.73 Å². The molecule has 0 amide bonds. The Kier molecular flexibility index (Phi) is 16.6. The smallest absolute Gasteiger partial charge is 0.00154 e. The lowest BCUT2D eigenvalue weighted by atomic mass is 9.89. The van der Waals surface area contributed by atoms with E-state index in [-0.39, 0.29) is 0 Å². The molecule has 0 saturated carbocycles. The van der Waals surface area contributed by atoms with Crippen LogP contribution in [0, 0.1) is 5.41 Å². The summed E-state index contributed by atoms with van der Waals surface area (Å²) < 4.78 is 0. The second-order valence-corrected chi connectivity index (χ2v) is 4.15. The van der Waals surface area contributed by atoms with Gasteiger partial charge >= 0.3 is 0 Å². The maximum absolute atomic E-state index is 5.58. The van der Waals surface area contributed by atoms with Gasteiger partial charge in [0.1, 0.15) is 0 Å². The van der Waals surface area contributed by atoms with Crippen LogP contribution in [0.25, 0.3) is 0 Å². The predicted octanol–water partition coefficient (Wildman–Crippen LogP) is 3.99. The highest BCUT2D eigenvalue weighted by Gasteiger charge is 2.11. The van der Waals surface area contributed by atoms with E-state index in [1.807, 2.05) is 27.7 Å². The summed E-state index contributed by atoms with van der Waals surface area (Å²) in [4.78, 5) is 0. The highest BCUT2D eigenvalue weighted by molar-refractivity contribution is 4.66. The van der Waals surface area contributed by atoms with Crippen molar-refractivity contribution in [1.82, 2.24) is 0 Å². The minimum atomic E-state index is 0.343. The minimum Gasteiger partial charge on any atom is -0.328 e. The van der Waals surface area contributed by atoms with Gasteiger partial charge in [0.15, 0.2) is 0 Å². The summed E-state index contributed by atoms with van der Waals surface area (Å²) in [5.74, 6) is 0. The van der Waals surface area contributed by atoms with Gasteiger partial charge in [-0.15, -0.1) is 6.58 Å². The summed E-state index contributed by atoms with van der Waals surface area (Å²) in [5, 5.41) is 0. The van der Waals surface area contributed by atoms with Gasteiger partial charge in [0.05, 0.1) is 0 Å². The van der Waals surface area contributed by atoms with E-state index in [9.17, 15) is 0 Å². The van der Waals surface area contributed by atoms with Crippen molar-refractivity contribution in [2.24, 2.45) is 11.1 Å². The van der Waals surface area contributed by atoms with E-state index in [0.717, 1.165) is 6.42 Å². The molecule has 0 aliphatic rings. The standard InChI is InChI=1S/C7H17N.C3H6.C2H6/c1-6(8)5-7(2,3)4;1-3-2;1-2/h6H,5,8H2,1-4H3;3H,1H2,2H3;1-2H3. The third-order valence-electron chi connectivity index (χ3n) is 0.934. The van der Waals surface area contributed by atoms with E-state index in [0.29, 0.717) is 11.5 Å². The first kappa shape index (κ1) is 18.5. The summed E-state index contributed by atoms with van der Waals surface area (Å²) in [6.07, 6.45) is 2.85. The summed E-state index contributed by atoms with van der Waals surface area (Å²) in [7, 11) is 0. The number of nitrogens with two attached hydrogens (primary N) is 1. The molecule has 1 atom stereocenters. The van der Waals surface area contributed by atoms with Crippen LogP contribution in [0.2, 0.25) is 0 Å². The van der Waals surface area contributed by atoms with Gasteiger partial charge in [0, 0.05) is 6.04 Å². The monoisotopic (exact) mass is 187 g/mol. The van der Waals surface area contributed by atoms with E-state index in [1.54, 1.807) is 6.08 Å². The maximum Gasteiger partial charge on any atom is 0.00154 e. The molecule has 82 valence electrons. The molecule has 13 heavy (non-hydrogen) atoms. The first-order chi connectivity index (χ1) is 5.83. The second-order valence-electron chi connectivity index (χ2n) is 4.15. The van der Waals surface area contributed by atoms with E-state index < -0.39 is 0 Å². The lowest BCUT2D eigenvalue weighted by molar-refractivity contribution is 0.349. The molecule has 0 bridgehead atoms. The molecular formula is C12H29N. The van der Waals surface area contributed by atoms with Crippen molar-refractivity contribution in [2.75, 3.05) is 0 Å². The first-order valence-electron chi connectivity index (χ1n) is 5.16. The van der Waals surface area contributed by atoms with Gasteiger partial charge in [0.2, 0.25) is 0 Å². The zero-order valence-electron chi connectivity index (χ0n) is 10.6. The molecule has 2 N–H and O–H groups in total. The Morgan fingerprint density at radius 3 is 1.54 bits per heavy atom. The molecular weight excluding hydrogens is 158 g/mol. The molecule has 0 spiro atoms. The topological polar surface area (TPSA) is 26.0 Å². The van der Waals surface area contributed by atoms with Gasteiger partial charge in [0.25, 0.3) is 0 Å². The lowest BCUT2D eigenvalue weighted by Gasteiger charge is -2.19. The molecule has 0 heterocycles. The maximum atomic E-state index is 5.58. The van der Waals surface area contributed by atoms with Gasteiger partial charge in [-0.1, -0.05) is 40.7 Å². The van der Waals surface area contributed by atoms with Crippen molar-refractivity contribution in [3.8, 4) is 0 Å². The highest BCUT2D eigenvalue weighted by Crippen LogP contribution is 2.19. The average Bonchev–Trinajstić information content (AvgIpc) is 1.87. The molecule has 0 aliphatic carbocycles. The van der Waals surface area contributed by atoms with Crippen LogP contribution in [0.3, 0.4) is 0 Å². The van der Waals surface area contributed by atoms with Crippen molar-refractivity contribution in [3.05, 3.63) is 12.7 Å². The molecule has 1 nitrogen and oxygen atoms in total. The SMILES string of the molecule is C=CC.CC.CC(N)CC(C)(C)C. The fraction of sp³-hybridized carbons (Fsp3) is 0.833.